The molecular formula is C31H33N3O6. The molecule has 1 aliphatic heterocycles. The molecule has 0 bridgehead atoms. The van der Waals surface area contributed by atoms with Crippen molar-refractivity contribution >= 4 is 22.9 Å². The number of aliphatic carboxylic acids is 1. The van der Waals surface area contributed by atoms with E-state index in [1.807, 2.05) is 79.1 Å². The number of para-hydroxylation sites is 2. The van der Waals surface area contributed by atoms with E-state index < -0.39 is 12.3 Å². The number of imidazole rings is 1. The van der Waals surface area contributed by atoms with Gasteiger partial charge in [-0.25, -0.2) is 4.98 Å². The Balaban J connectivity index is 1.29. The SMILES string of the molecule is O=C(O)CCCC(=O)NCc1ccc(C2OC(Cn3cnc4ccccc43)CC(c3ccc(CO)cc3)O2)cc1. The van der Waals surface area contributed by atoms with Crippen LogP contribution in [0.3, 0.4) is 0 Å². The second-order valence-electron chi connectivity index (χ2n) is 10.0. The lowest BCUT2D eigenvalue weighted by molar-refractivity contribution is -0.252. The summed E-state index contributed by atoms with van der Waals surface area (Å²) in [6.07, 6.45) is 2.06. The van der Waals surface area contributed by atoms with Crippen molar-refractivity contribution in [3.63, 3.8) is 0 Å². The van der Waals surface area contributed by atoms with E-state index in [1.54, 1.807) is 0 Å². The molecule has 0 spiro atoms. The zero-order chi connectivity index (χ0) is 27.9. The molecule has 1 amide bonds. The van der Waals surface area contributed by atoms with Gasteiger partial charge >= 0.3 is 5.97 Å². The molecule has 1 aliphatic rings. The number of fused-ring (bicyclic) bond motifs is 1. The highest BCUT2D eigenvalue weighted by Crippen LogP contribution is 2.38. The van der Waals surface area contributed by atoms with Gasteiger partial charge in [0.25, 0.3) is 0 Å². The predicted octanol–water partition coefficient (Wildman–Crippen LogP) is 4.65. The third-order valence-electron chi connectivity index (χ3n) is 7.08. The van der Waals surface area contributed by atoms with Crippen LogP contribution in [0, 0.1) is 0 Å². The normalized spacial score (nSPS) is 19.0. The Kier molecular flexibility index (Phi) is 8.85. The predicted molar refractivity (Wildman–Crippen MR) is 148 cm³/mol. The van der Waals surface area contributed by atoms with Gasteiger partial charge in [-0.05, 0) is 35.2 Å². The van der Waals surface area contributed by atoms with Crippen LogP contribution in [0.5, 0.6) is 0 Å². The van der Waals surface area contributed by atoms with Crippen LogP contribution in [-0.2, 0) is 38.8 Å². The zero-order valence-corrected chi connectivity index (χ0v) is 22.1. The van der Waals surface area contributed by atoms with Crippen LogP contribution in [0.15, 0.2) is 79.1 Å². The van der Waals surface area contributed by atoms with Crippen LogP contribution in [-0.4, -0.2) is 37.7 Å². The average Bonchev–Trinajstić information content (AvgIpc) is 3.38. The van der Waals surface area contributed by atoms with Gasteiger partial charge in [0.2, 0.25) is 5.91 Å². The monoisotopic (exact) mass is 543 g/mol. The number of nitrogens with zero attached hydrogens (tertiary/aromatic N) is 2. The molecule has 3 unspecified atom stereocenters. The summed E-state index contributed by atoms with van der Waals surface area (Å²) in [6.45, 7) is 0.968. The fourth-order valence-electron chi connectivity index (χ4n) is 4.89. The van der Waals surface area contributed by atoms with Crippen molar-refractivity contribution in [2.24, 2.45) is 0 Å². The highest BCUT2D eigenvalue weighted by Gasteiger charge is 2.32. The fraction of sp³-hybridized carbons (Fsp3) is 0.323. The van der Waals surface area contributed by atoms with Crippen molar-refractivity contribution in [2.45, 2.75) is 63.9 Å². The number of aromatic nitrogens is 2. The lowest BCUT2D eigenvalue weighted by atomic mass is 9.99. The zero-order valence-electron chi connectivity index (χ0n) is 22.1. The van der Waals surface area contributed by atoms with Crippen LogP contribution >= 0.6 is 0 Å². The average molecular weight is 544 g/mol. The van der Waals surface area contributed by atoms with Crippen molar-refractivity contribution in [1.29, 1.82) is 0 Å². The molecule has 0 radical (unpaired) electrons. The minimum absolute atomic E-state index is 0.0109. The maximum Gasteiger partial charge on any atom is 0.303 e. The van der Waals surface area contributed by atoms with E-state index in [2.05, 4.69) is 14.9 Å². The van der Waals surface area contributed by atoms with Crippen LogP contribution in [0.2, 0.25) is 0 Å². The van der Waals surface area contributed by atoms with Gasteiger partial charge in [-0.1, -0.05) is 60.7 Å². The Morgan fingerprint density at radius 2 is 1.65 bits per heavy atom. The summed E-state index contributed by atoms with van der Waals surface area (Å²) in [7, 11) is 0. The first-order valence-corrected chi connectivity index (χ1v) is 13.5. The first kappa shape index (κ1) is 27.5. The number of aliphatic hydroxyl groups excluding tert-OH is 1. The third-order valence-corrected chi connectivity index (χ3v) is 7.08. The lowest BCUT2D eigenvalue weighted by Gasteiger charge is -2.36. The van der Waals surface area contributed by atoms with Crippen LogP contribution in [0.25, 0.3) is 11.0 Å². The molecule has 0 saturated carbocycles. The summed E-state index contributed by atoms with van der Waals surface area (Å²) in [5, 5.41) is 21.0. The van der Waals surface area contributed by atoms with Crippen LogP contribution in [0.4, 0.5) is 0 Å². The third kappa shape index (κ3) is 6.93. The van der Waals surface area contributed by atoms with Crippen molar-refractivity contribution in [1.82, 2.24) is 14.9 Å². The Morgan fingerprint density at radius 3 is 2.40 bits per heavy atom. The van der Waals surface area contributed by atoms with Crippen molar-refractivity contribution in [3.8, 4) is 0 Å². The molecule has 4 aromatic rings. The minimum atomic E-state index is -0.902. The number of nitrogens with one attached hydrogen (secondary N) is 1. The Hall–Kier alpha value is -4.05. The summed E-state index contributed by atoms with van der Waals surface area (Å²) in [4.78, 5) is 27.2. The molecule has 9 heteroatoms. The number of hydrogen-bond acceptors (Lipinski definition) is 6. The molecule has 1 aromatic heterocycles. The summed E-state index contributed by atoms with van der Waals surface area (Å²) >= 11 is 0. The molecule has 40 heavy (non-hydrogen) atoms. The van der Waals surface area contributed by atoms with Gasteiger partial charge in [-0.3, -0.25) is 9.59 Å². The summed E-state index contributed by atoms with van der Waals surface area (Å²) in [6, 6.07) is 23.6. The minimum Gasteiger partial charge on any atom is -0.481 e. The van der Waals surface area contributed by atoms with Gasteiger partial charge < -0.3 is 29.6 Å². The summed E-state index contributed by atoms with van der Waals surface area (Å²) in [5.41, 5.74) is 5.64. The number of benzene rings is 3. The number of rotatable bonds is 11. The number of carbonyl (C=O) groups excluding carboxylic acids is 1. The molecular weight excluding hydrogens is 510 g/mol. The summed E-state index contributed by atoms with van der Waals surface area (Å²) < 4.78 is 15.0. The number of hydrogen-bond donors (Lipinski definition) is 3. The second kappa shape index (κ2) is 12.9. The van der Waals surface area contributed by atoms with E-state index in [-0.39, 0.29) is 37.6 Å². The molecule has 5 rings (SSSR count). The van der Waals surface area contributed by atoms with Gasteiger partial charge in [-0.2, -0.15) is 0 Å². The number of aliphatic hydroxyl groups is 1. The van der Waals surface area contributed by atoms with Gasteiger partial charge in [0.1, 0.15) is 0 Å². The largest absolute Gasteiger partial charge is 0.481 e. The molecule has 1 fully saturated rings. The maximum atomic E-state index is 12.0. The Labute approximate surface area is 232 Å². The van der Waals surface area contributed by atoms with Crippen molar-refractivity contribution < 1.29 is 29.3 Å². The number of carboxylic acids is 1. The fourth-order valence-corrected chi connectivity index (χ4v) is 4.89. The highest BCUT2D eigenvalue weighted by atomic mass is 16.7. The van der Waals surface area contributed by atoms with Crippen molar-refractivity contribution in [3.05, 3.63) is 101 Å². The molecule has 9 nitrogen and oxygen atoms in total. The first-order chi connectivity index (χ1) is 19.5. The molecule has 3 N–H and O–H groups in total. The smallest absolute Gasteiger partial charge is 0.303 e. The first-order valence-electron chi connectivity index (χ1n) is 13.5. The number of carbonyl (C=O) groups is 2. The second-order valence-corrected chi connectivity index (χ2v) is 10.0. The van der Waals surface area contributed by atoms with E-state index in [9.17, 15) is 14.7 Å². The molecule has 3 atom stereocenters. The Bertz CT molecular complexity index is 1430. The van der Waals surface area contributed by atoms with Gasteiger partial charge in [0, 0.05) is 31.4 Å². The molecule has 1 saturated heterocycles. The molecule has 0 aliphatic carbocycles. The summed E-state index contributed by atoms with van der Waals surface area (Å²) in [5.74, 6) is -1.07. The lowest BCUT2D eigenvalue weighted by Crippen LogP contribution is -2.32. The number of amides is 1. The van der Waals surface area contributed by atoms with Crippen LogP contribution in [0.1, 0.15) is 60.3 Å². The number of carboxylic acid groups (broad SMARTS) is 1. The van der Waals surface area contributed by atoms with Gasteiger partial charge in [-0.15, -0.1) is 0 Å². The Morgan fingerprint density at radius 1 is 0.925 bits per heavy atom. The van der Waals surface area contributed by atoms with Crippen molar-refractivity contribution in [2.75, 3.05) is 0 Å². The van der Waals surface area contributed by atoms with Gasteiger partial charge in [0.05, 0.1) is 42.7 Å². The topological polar surface area (TPSA) is 123 Å². The maximum absolute atomic E-state index is 12.0. The van der Waals surface area contributed by atoms with E-state index in [4.69, 9.17) is 14.6 Å². The van der Waals surface area contributed by atoms with Gasteiger partial charge in [0.15, 0.2) is 6.29 Å². The molecule has 2 heterocycles. The molecule has 208 valence electrons. The standard InChI is InChI=1S/C31H33N3O6/c35-19-22-10-12-23(13-11-22)28-16-25(18-34-20-33-26-4-1-2-5-27(26)34)39-31(40-28)24-14-8-21(9-15-24)17-32-29(36)6-3-7-30(37)38/h1-2,4-5,8-15,20,25,28,31,35H,3,6-7,16-19H2,(H,32,36)(H,37,38). The number of ether oxygens (including phenoxy) is 2. The quantitative estimate of drug-likeness (QED) is 0.252. The van der Waals surface area contributed by atoms with E-state index >= 15 is 0 Å². The highest BCUT2D eigenvalue weighted by molar-refractivity contribution is 5.76. The van der Waals surface area contributed by atoms with E-state index in [0.717, 1.165) is 33.3 Å². The molecule has 3 aromatic carbocycles. The van der Waals surface area contributed by atoms with E-state index in [1.165, 1.54) is 0 Å². The van der Waals surface area contributed by atoms with E-state index in [0.29, 0.717) is 25.9 Å². The van der Waals surface area contributed by atoms with Crippen LogP contribution < -0.4 is 5.32 Å².